The minimum absolute atomic E-state index is 0. The number of primary amides is 1. The molecule has 0 aliphatic carbocycles. The first kappa shape index (κ1) is 20.9. The number of benzene rings is 1. The number of hydrogen-bond donors (Lipinski definition) is 3. The third kappa shape index (κ3) is 3.68. The Kier molecular flexibility index (Phi) is 6.22. The molecule has 8 heteroatoms. The number of phenols is 1. The van der Waals surface area contributed by atoms with Crippen molar-refractivity contribution in [2.45, 2.75) is 32.6 Å². The highest BCUT2D eigenvalue weighted by Crippen LogP contribution is 2.31. The molecule has 0 atom stereocenters. The first-order chi connectivity index (χ1) is 12.3. The lowest BCUT2D eigenvalue weighted by Crippen LogP contribution is -2.32. The molecular formula is C19H25N3O4S. The number of ether oxygens (including phenoxy) is 1. The van der Waals surface area contributed by atoms with E-state index in [2.05, 4.69) is 0 Å². The van der Waals surface area contributed by atoms with Crippen LogP contribution >= 0.6 is 13.5 Å². The molecule has 0 saturated carbocycles. The van der Waals surface area contributed by atoms with Crippen molar-refractivity contribution in [1.82, 2.24) is 4.57 Å². The fourth-order valence-electron chi connectivity index (χ4n) is 3.54. The van der Waals surface area contributed by atoms with Crippen LogP contribution in [0.25, 0.3) is 5.69 Å². The van der Waals surface area contributed by atoms with Gasteiger partial charge in [0.15, 0.2) is 0 Å². The molecule has 1 aliphatic rings. The minimum atomic E-state index is -0.694. The Labute approximate surface area is 164 Å². The lowest BCUT2D eigenvalue weighted by molar-refractivity contribution is 0.0850. The van der Waals surface area contributed by atoms with Crippen LogP contribution < -0.4 is 17.0 Å². The van der Waals surface area contributed by atoms with Gasteiger partial charge in [-0.15, -0.1) is 0 Å². The molecular weight excluding hydrogens is 366 g/mol. The number of aromatic hydroxyl groups is 1. The Morgan fingerprint density at radius 1 is 1.26 bits per heavy atom. The molecule has 2 heterocycles. The predicted molar refractivity (Wildman–Crippen MR) is 109 cm³/mol. The highest BCUT2D eigenvalue weighted by atomic mass is 32.1. The maximum absolute atomic E-state index is 13.3. The van der Waals surface area contributed by atoms with E-state index in [4.69, 9.17) is 16.2 Å². The monoisotopic (exact) mass is 391 g/mol. The standard InChI is InChI=1S/C19H23N3O4.H2S/c1-10-3-4-15(23)11(2)16(10)22-17(20)14(18(21)24)9-13(19(22)25)12-5-7-26-8-6-12;/h3-4,9,12,23H,5-8,20H2,1-2H3,(H2,21,24);1H2. The summed E-state index contributed by atoms with van der Waals surface area (Å²) in [7, 11) is 0. The number of aromatic nitrogens is 1. The lowest BCUT2D eigenvalue weighted by Gasteiger charge is -2.25. The number of aryl methyl sites for hydroxylation is 1. The molecule has 1 amide bonds. The molecule has 3 rings (SSSR count). The molecule has 0 bridgehead atoms. The van der Waals surface area contributed by atoms with Crippen molar-refractivity contribution in [2.75, 3.05) is 18.9 Å². The van der Waals surface area contributed by atoms with E-state index in [0.717, 1.165) is 5.56 Å². The number of anilines is 1. The number of pyridine rings is 1. The number of carbonyl (C=O) groups is 1. The van der Waals surface area contributed by atoms with Gasteiger partial charge in [0.25, 0.3) is 11.5 Å². The maximum Gasteiger partial charge on any atom is 0.260 e. The summed E-state index contributed by atoms with van der Waals surface area (Å²) < 4.78 is 6.67. The molecule has 1 fully saturated rings. The highest BCUT2D eigenvalue weighted by Gasteiger charge is 2.25. The zero-order valence-corrected chi connectivity index (χ0v) is 16.4. The zero-order valence-electron chi connectivity index (χ0n) is 15.4. The van der Waals surface area contributed by atoms with Crippen molar-refractivity contribution in [3.8, 4) is 11.4 Å². The number of hydrogen-bond acceptors (Lipinski definition) is 5. The highest BCUT2D eigenvalue weighted by molar-refractivity contribution is 7.59. The van der Waals surface area contributed by atoms with Gasteiger partial charge in [0.2, 0.25) is 0 Å². The van der Waals surface area contributed by atoms with Crippen molar-refractivity contribution in [3.05, 3.63) is 50.8 Å². The fraction of sp³-hybridized carbons (Fsp3) is 0.368. The van der Waals surface area contributed by atoms with Gasteiger partial charge in [-0.2, -0.15) is 13.5 Å². The van der Waals surface area contributed by atoms with Gasteiger partial charge in [-0.05, 0) is 50.3 Å². The van der Waals surface area contributed by atoms with Crippen LogP contribution in [-0.2, 0) is 4.74 Å². The van der Waals surface area contributed by atoms with Crippen LogP contribution in [0, 0.1) is 13.8 Å². The van der Waals surface area contributed by atoms with Crippen LogP contribution in [0.15, 0.2) is 23.0 Å². The van der Waals surface area contributed by atoms with Gasteiger partial charge in [-0.25, -0.2) is 0 Å². The average molecular weight is 391 g/mol. The van der Waals surface area contributed by atoms with E-state index >= 15 is 0 Å². The molecule has 146 valence electrons. The quantitative estimate of drug-likeness (QED) is 0.737. The van der Waals surface area contributed by atoms with E-state index in [0.29, 0.717) is 42.9 Å². The van der Waals surface area contributed by atoms with E-state index in [1.54, 1.807) is 19.1 Å². The first-order valence-corrected chi connectivity index (χ1v) is 8.55. The van der Waals surface area contributed by atoms with Crippen molar-refractivity contribution < 1.29 is 14.6 Å². The van der Waals surface area contributed by atoms with Gasteiger partial charge in [-0.1, -0.05) is 6.07 Å². The van der Waals surface area contributed by atoms with Gasteiger partial charge < -0.3 is 21.3 Å². The third-order valence-electron chi connectivity index (χ3n) is 5.02. The van der Waals surface area contributed by atoms with Crippen LogP contribution in [0.4, 0.5) is 5.82 Å². The largest absolute Gasteiger partial charge is 0.508 e. The number of amides is 1. The Bertz CT molecular complexity index is 934. The molecule has 0 radical (unpaired) electrons. The van der Waals surface area contributed by atoms with Gasteiger partial charge in [0.05, 0.1) is 11.3 Å². The number of nitrogens with two attached hydrogens (primary N) is 2. The molecule has 1 aromatic heterocycles. The van der Waals surface area contributed by atoms with Gasteiger partial charge in [-0.3, -0.25) is 14.2 Å². The van der Waals surface area contributed by atoms with E-state index < -0.39 is 5.91 Å². The van der Waals surface area contributed by atoms with Crippen molar-refractivity contribution in [1.29, 1.82) is 0 Å². The number of nitrogens with zero attached hydrogens (tertiary/aromatic N) is 1. The minimum Gasteiger partial charge on any atom is -0.508 e. The summed E-state index contributed by atoms with van der Waals surface area (Å²) in [6, 6.07) is 4.78. The van der Waals surface area contributed by atoms with Crippen LogP contribution in [-0.4, -0.2) is 28.8 Å². The Morgan fingerprint density at radius 3 is 2.48 bits per heavy atom. The molecule has 1 aliphatic heterocycles. The van der Waals surface area contributed by atoms with Crippen molar-refractivity contribution >= 4 is 25.2 Å². The van der Waals surface area contributed by atoms with E-state index in [1.807, 2.05) is 6.92 Å². The summed E-state index contributed by atoms with van der Waals surface area (Å²) >= 11 is 0. The number of phenolic OH excluding ortho intramolecular Hbond substituents is 1. The summed E-state index contributed by atoms with van der Waals surface area (Å²) in [4.78, 5) is 25.2. The fourth-order valence-corrected chi connectivity index (χ4v) is 3.54. The van der Waals surface area contributed by atoms with Gasteiger partial charge in [0.1, 0.15) is 11.6 Å². The smallest absolute Gasteiger partial charge is 0.260 e. The van der Waals surface area contributed by atoms with Gasteiger partial charge in [0, 0.05) is 24.3 Å². The zero-order chi connectivity index (χ0) is 19.0. The average Bonchev–Trinajstić information content (AvgIpc) is 2.61. The van der Waals surface area contributed by atoms with Crippen LogP contribution in [0.2, 0.25) is 0 Å². The maximum atomic E-state index is 13.3. The third-order valence-corrected chi connectivity index (χ3v) is 5.02. The topological polar surface area (TPSA) is 121 Å². The van der Waals surface area contributed by atoms with Crippen LogP contribution in [0.1, 0.15) is 45.8 Å². The van der Waals surface area contributed by atoms with E-state index in [1.165, 1.54) is 10.6 Å². The van der Waals surface area contributed by atoms with E-state index in [9.17, 15) is 14.7 Å². The van der Waals surface area contributed by atoms with Gasteiger partial charge >= 0.3 is 0 Å². The molecule has 0 unspecified atom stereocenters. The summed E-state index contributed by atoms with van der Waals surface area (Å²) in [6.45, 7) is 4.64. The van der Waals surface area contributed by atoms with E-state index in [-0.39, 0.29) is 42.1 Å². The summed E-state index contributed by atoms with van der Waals surface area (Å²) in [5, 5.41) is 10.1. The van der Waals surface area contributed by atoms with Crippen molar-refractivity contribution in [3.63, 3.8) is 0 Å². The summed E-state index contributed by atoms with van der Waals surface area (Å²) in [6.07, 6.45) is 1.38. The summed E-state index contributed by atoms with van der Waals surface area (Å²) in [5.41, 5.74) is 13.7. The SMILES string of the molecule is Cc1ccc(O)c(C)c1-n1c(N)c(C(N)=O)cc(C2CCOCC2)c1=O.S. The molecule has 1 saturated heterocycles. The molecule has 1 aromatic carbocycles. The molecule has 2 aromatic rings. The normalized spacial score (nSPS) is 14.6. The first-order valence-electron chi connectivity index (χ1n) is 8.55. The Morgan fingerprint density at radius 2 is 1.89 bits per heavy atom. The number of nitrogen functional groups attached to an aromatic ring is 1. The number of carbonyl (C=O) groups excluding carboxylic acids is 1. The second-order valence-electron chi connectivity index (χ2n) is 6.67. The summed E-state index contributed by atoms with van der Waals surface area (Å²) in [5.74, 6) is -0.691. The van der Waals surface area contributed by atoms with Crippen LogP contribution in [0.5, 0.6) is 5.75 Å². The Hall–Kier alpha value is -2.45. The van der Waals surface area contributed by atoms with Crippen molar-refractivity contribution in [2.24, 2.45) is 5.73 Å². The Balaban J connectivity index is 0.00000261. The second-order valence-corrected chi connectivity index (χ2v) is 6.67. The predicted octanol–water partition coefficient (Wildman–Crippen LogP) is 1.85. The second kappa shape index (κ2) is 8.06. The number of rotatable bonds is 3. The van der Waals surface area contributed by atoms with Crippen LogP contribution in [0.3, 0.4) is 0 Å². The molecule has 0 spiro atoms. The molecule has 5 N–H and O–H groups in total. The lowest BCUT2D eigenvalue weighted by atomic mass is 9.91. The molecule has 27 heavy (non-hydrogen) atoms. The molecule has 7 nitrogen and oxygen atoms in total.